The van der Waals surface area contributed by atoms with Crippen LogP contribution >= 0.6 is 0 Å². The van der Waals surface area contributed by atoms with Gasteiger partial charge in [0.25, 0.3) is 0 Å². The number of aromatic nitrogens is 4. The first-order valence-corrected chi connectivity index (χ1v) is 11.0. The quantitative estimate of drug-likeness (QED) is 0.448. The second kappa shape index (κ2) is 9.51. The number of hydrogen-bond donors (Lipinski definition) is 2. The molecule has 5 rings (SSSR count). The average Bonchev–Trinajstić information content (AvgIpc) is 3.24. The third-order valence-corrected chi connectivity index (χ3v) is 5.84. The number of rotatable bonds is 7. The van der Waals surface area contributed by atoms with E-state index in [1.807, 2.05) is 22.8 Å². The van der Waals surface area contributed by atoms with E-state index in [-0.39, 0.29) is 12.4 Å². The number of nitrogens with two attached hydrogens (primary N) is 1. The highest BCUT2D eigenvalue weighted by Gasteiger charge is 2.19. The van der Waals surface area contributed by atoms with Gasteiger partial charge in [0.15, 0.2) is 5.82 Å². The smallest absolute Gasteiger partial charge is 0.213 e. The Hall–Kier alpha value is -3.56. The highest BCUT2D eigenvalue weighted by molar-refractivity contribution is 5.76. The molecule has 3 N–H and O–H groups in total. The molecule has 1 aliphatic heterocycles. The predicted octanol–water partition coefficient (Wildman–Crippen LogP) is 3.51. The Labute approximate surface area is 191 Å². The Morgan fingerprint density at radius 2 is 2.00 bits per heavy atom. The molecule has 0 radical (unpaired) electrons. The average molecular weight is 448 g/mol. The molecule has 4 aromatic rings. The second-order valence-electron chi connectivity index (χ2n) is 8.29. The number of likely N-dealkylation sites (tertiary alicyclic amines) is 1. The van der Waals surface area contributed by atoms with Gasteiger partial charge in [0.2, 0.25) is 5.88 Å². The van der Waals surface area contributed by atoms with E-state index < -0.39 is 0 Å². The third-order valence-electron chi connectivity index (χ3n) is 5.84. The zero-order valence-electron chi connectivity index (χ0n) is 18.2. The van der Waals surface area contributed by atoms with E-state index in [2.05, 4.69) is 31.3 Å². The van der Waals surface area contributed by atoms with Crippen LogP contribution < -0.4 is 15.8 Å². The highest BCUT2D eigenvalue weighted by Crippen LogP contribution is 2.25. The van der Waals surface area contributed by atoms with Gasteiger partial charge >= 0.3 is 0 Å². The van der Waals surface area contributed by atoms with Crippen molar-refractivity contribution in [2.45, 2.75) is 32.0 Å². The van der Waals surface area contributed by atoms with Gasteiger partial charge in [-0.15, -0.1) is 0 Å². The Morgan fingerprint density at radius 3 is 2.79 bits per heavy atom. The van der Waals surface area contributed by atoms with E-state index in [1.54, 1.807) is 18.3 Å². The molecule has 1 fully saturated rings. The molecule has 33 heavy (non-hydrogen) atoms. The summed E-state index contributed by atoms with van der Waals surface area (Å²) in [6.07, 6.45) is 7.21. The predicted molar refractivity (Wildman–Crippen MR) is 124 cm³/mol. The molecule has 170 valence electrons. The number of hydrogen-bond acceptors (Lipinski definition) is 7. The second-order valence-corrected chi connectivity index (χ2v) is 8.29. The number of fused-ring (bicyclic) bond motifs is 1. The van der Waals surface area contributed by atoms with Crippen LogP contribution in [0.3, 0.4) is 0 Å². The van der Waals surface area contributed by atoms with Crippen LogP contribution in [0.1, 0.15) is 24.0 Å². The monoisotopic (exact) mass is 447 g/mol. The van der Waals surface area contributed by atoms with E-state index in [4.69, 9.17) is 10.5 Å². The SMILES string of the molecule is NC1CCN(Cc2ccn3ncnc(Nc4ccc(OCc5cccc(F)c5)nc4)c23)CC1. The van der Waals surface area contributed by atoms with Crippen LogP contribution in [0, 0.1) is 5.82 Å². The number of pyridine rings is 1. The Kier molecular flexibility index (Phi) is 6.14. The van der Waals surface area contributed by atoms with Crippen molar-refractivity contribution in [3.05, 3.63) is 78.1 Å². The molecule has 3 aromatic heterocycles. The van der Waals surface area contributed by atoms with Gasteiger partial charge in [-0.1, -0.05) is 12.1 Å². The first-order chi connectivity index (χ1) is 16.1. The minimum absolute atomic E-state index is 0.249. The van der Waals surface area contributed by atoms with Crippen molar-refractivity contribution in [2.75, 3.05) is 18.4 Å². The summed E-state index contributed by atoms with van der Waals surface area (Å²) in [7, 11) is 0. The van der Waals surface area contributed by atoms with Gasteiger partial charge < -0.3 is 15.8 Å². The van der Waals surface area contributed by atoms with E-state index >= 15 is 0 Å². The summed E-state index contributed by atoms with van der Waals surface area (Å²) >= 11 is 0. The van der Waals surface area contributed by atoms with Gasteiger partial charge in [-0.2, -0.15) is 5.10 Å². The fourth-order valence-electron chi connectivity index (χ4n) is 4.05. The maximum absolute atomic E-state index is 13.3. The summed E-state index contributed by atoms with van der Waals surface area (Å²) in [5.41, 5.74) is 9.68. The molecular formula is C24H26FN7O. The largest absolute Gasteiger partial charge is 0.473 e. The fraction of sp³-hybridized carbons (Fsp3) is 0.292. The summed E-state index contributed by atoms with van der Waals surface area (Å²) in [6, 6.07) is 12.4. The number of nitrogens with zero attached hydrogens (tertiary/aromatic N) is 5. The van der Waals surface area contributed by atoms with Gasteiger partial charge in [0.05, 0.1) is 11.9 Å². The molecule has 4 heterocycles. The number of nitrogens with one attached hydrogen (secondary N) is 1. The molecule has 0 unspecified atom stereocenters. The number of benzene rings is 1. The molecule has 0 bridgehead atoms. The van der Waals surface area contributed by atoms with Crippen molar-refractivity contribution in [3.63, 3.8) is 0 Å². The molecule has 1 aromatic carbocycles. The standard InChI is InChI=1S/C24H26FN7O/c25-19-3-1-2-17(12-19)15-33-22-5-4-21(13-27-22)30-24-23-18(6-11-32(23)29-16-28-24)14-31-9-7-20(26)8-10-31/h1-6,11-13,16,20H,7-10,14-15,26H2,(H,28,29,30). The van der Waals surface area contributed by atoms with Crippen molar-refractivity contribution in [2.24, 2.45) is 5.73 Å². The van der Waals surface area contributed by atoms with Crippen molar-refractivity contribution in [1.29, 1.82) is 0 Å². The molecule has 0 amide bonds. The number of anilines is 2. The van der Waals surface area contributed by atoms with Crippen LogP contribution in [-0.2, 0) is 13.2 Å². The van der Waals surface area contributed by atoms with Gasteiger partial charge in [0.1, 0.15) is 24.3 Å². The van der Waals surface area contributed by atoms with Crippen molar-refractivity contribution in [1.82, 2.24) is 24.5 Å². The van der Waals surface area contributed by atoms with Crippen LogP contribution in [-0.4, -0.2) is 43.6 Å². The third kappa shape index (κ3) is 5.10. The lowest BCUT2D eigenvalue weighted by atomic mass is 10.1. The molecule has 0 aliphatic carbocycles. The first-order valence-electron chi connectivity index (χ1n) is 11.0. The lowest BCUT2D eigenvalue weighted by Crippen LogP contribution is -2.39. The van der Waals surface area contributed by atoms with Crippen LogP contribution in [0.4, 0.5) is 15.9 Å². The summed E-state index contributed by atoms with van der Waals surface area (Å²) in [6.45, 7) is 3.07. The summed E-state index contributed by atoms with van der Waals surface area (Å²) in [5.74, 6) is 0.895. The summed E-state index contributed by atoms with van der Waals surface area (Å²) in [4.78, 5) is 11.2. The molecular weight excluding hydrogens is 421 g/mol. The van der Waals surface area contributed by atoms with Crippen LogP contribution in [0.15, 0.2) is 61.2 Å². The molecule has 0 atom stereocenters. The zero-order valence-corrected chi connectivity index (χ0v) is 18.2. The summed E-state index contributed by atoms with van der Waals surface area (Å²) in [5, 5.41) is 7.70. The lowest BCUT2D eigenvalue weighted by Gasteiger charge is -2.29. The lowest BCUT2D eigenvalue weighted by molar-refractivity contribution is 0.206. The van der Waals surface area contributed by atoms with E-state index in [9.17, 15) is 4.39 Å². The van der Waals surface area contributed by atoms with E-state index in [1.165, 1.54) is 18.5 Å². The number of halogens is 1. The van der Waals surface area contributed by atoms with Gasteiger partial charge in [-0.25, -0.2) is 18.9 Å². The fourth-order valence-corrected chi connectivity index (χ4v) is 4.05. The Morgan fingerprint density at radius 1 is 1.12 bits per heavy atom. The van der Waals surface area contributed by atoms with Crippen molar-refractivity contribution >= 4 is 17.0 Å². The molecule has 1 saturated heterocycles. The minimum atomic E-state index is -0.284. The van der Waals surface area contributed by atoms with Gasteiger partial charge in [-0.3, -0.25) is 4.90 Å². The maximum atomic E-state index is 13.3. The van der Waals surface area contributed by atoms with Crippen molar-refractivity contribution in [3.8, 4) is 5.88 Å². The first kappa shape index (κ1) is 21.3. The highest BCUT2D eigenvalue weighted by atomic mass is 19.1. The van der Waals surface area contributed by atoms with Gasteiger partial charge in [-0.05, 0) is 61.3 Å². The zero-order chi connectivity index (χ0) is 22.6. The molecule has 8 nitrogen and oxygen atoms in total. The minimum Gasteiger partial charge on any atom is -0.473 e. The van der Waals surface area contributed by atoms with Crippen LogP contribution in [0.2, 0.25) is 0 Å². The van der Waals surface area contributed by atoms with Crippen LogP contribution in [0.25, 0.3) is 5.52 Å². The van der Waals surface area contributed by atoms with E-state index in [0.29, 0.717) is 17.7 Å². The molecule has 0 saturated carbocycles. The number of ether oxygens (including phenoxy) is 1. The van der Waals surface area contributed by atoms with E-state index in [0.717, 1.165) is 54.8 Å². The maximum Gasteiger partial charge on any atom is 0.213 e. The van der Waals surface area contributed by atoms with Gasteiger partial charge in [0, 0.05) is 24.8 Å². The van der Waals surface area contributed by atoms with Crippen LogP contribution in [0.5, 0.6) is 5.88 Å². The Bertz CT molecular complexity index is 1220. The number of piperidine rings is 1. The Balaban J connectivity index is 1.28. The molecule has 0 spiro atoms. The topological polar surface area (TPSA) is 93.6 Å². The molecule has 9 heteroatoms. The van der Waals surface area contributed by atoms with Crippen molar-refractivity contribution < 1.29 is 9.13 Å². The normalized spacial score (nSPS) is 15.1. The summed E-state index contributed by atoms with van der Waals surface area (Å²) < 4.78 is 20.8. The molecule has 1 aliphatic rings.